The van der Waals surface area contributed by atoms with E-state index < -0.39 is 0 Å². The number of hydrogen-bond donors (Lipinski definition) is 1. The highest BCUT2D eigenvalue weighted by atomic mass is 79.9. The van der Waals surface area contributed by atoms with Crippen LogP contribution in [0.1, 0.15) is 30.5 Å². The molecule has 0 spiro atoms. The zero-order valence-electron chi connectivity index (χ0n) is 11.5. The minimum absolute atomic E-state index is 0.228. The van der Waals surface area contributed by atoms with Gasteiger partial charge in [-0.2, -0.15) is 0 Å². The molecule has 0 amide bonds. The third-order valence-electron chi connectivity index (χ3n) is 3.16. The molecular formula is C16H15Br2ClFN. The fourth-order valence-electron chi connectivity index (χ4n) is 2.16. The molecule has 1 atom stereocenters. The molecule has 112 valence electrons. The van der Waals surface area contributed by atoms with Gasteiger partial charge in [-0.3, -0.25) is 0 Å². The van der Waals surface area contributed by atoms with Gasteiger partial charge in [0.1, 0.15) is 5.82 Å². The number of rotatable bonds is 5. The zero-order chi connectivity index (χ0) is 15.4. The first kappa shape index (κ1) is 16.9. The van der Waals surface area contributed by atoms with Crippen LogP contribution in [0.3, 0.4) is 0 Å². The van der Waals surface area contributed by atoms with Gasteiger partial charge in [0.05, 0.1) is 10.5 Å². The van der Waals surface area contributed by atoms with Crippen molar-refractivity contribution in [2.24, 2.45) is 0 Å². The molecule has 2 aromatic rings. The predicted molar refractivity (Wildman–Crippen MR) is 93.4 cm³/mol. The van der Waals surface area contributed by atoms with E-state index in [1.807, 2.05) is 24.3 Å². The van der Waals surface area contributed by atoms with Crippen molar-refractivity contribution >= 4 is 43.5 Å². The Hall–Kier alpha value is -0.420. The van der Waals surface area contributed by atoms with Gasteiger partial charge in [-0.05, 0) is 52.7 Å². The monoisotopic (exact) mass is 433 g/mol. The summed E-state index contributed by atoms with van der Waals surface area (Å²) in [5.41, 5.74) is 1.57. The molecule has 2 rings (SSSR count). The quantitative estimate of drug-likeness (QED) is 0.599. The molecule has 0 aliphatic carbocycles. The van der Waals surface area contributed by atoms with Crippen LogP contribution in [-0.2, 0) is 0 Å². The van der Waals surface area contributed by atoms with Crippen LogP contribution in [0, 0.1) is 5.82 Å². The van der Waals surface area contributed by atoms with Gasteiger partial charge in [-0.1, -0.05) is 52.7 Å². The molecule has 2 aromatic carbocycles. The first-order valence-corrected chi connectivity index (χ1v) is 8.63. The van der Waals surface area contributed by atoms with Gasteiger partial charge >= 0.3 is 0 Å². The lowest BCUT2D eigenvalue weighted by molar-refractivity contribution is 0.542. The molecule has 0 heterocycles. The summed E-state index contributed by atoms with van der Waals surface area (Å²) in [6, 6.07) is 10.7. The number of benzene rings is 2. The Balaban J connectivity index is 2.49. The third kappa shape index (κ3) is 4.07. The largest absolute Gasteiger partial charge is 0.306 e. The van der Waals surface area contributed by atoms with Crippen molar-refractivity contribution in [3.63, 3.8) is 0 Å². The Kier molecular flexibility index (Phi) is 6.23. The summed E-state index contributed by atoms with van der Waals surface area (Å²) >= 11 is 12.8. The summed E-state index contributed by atoms with van der Waals surface area (Å²) in [5, 5.41) is 4.04. The lowest BCUT2D eigenvalue weighted by Crippen LogP contribution is -2.24. The van der Waals surface area contributed by atoms with Crippen LogP contribution >= 0.6 is 43.5 Å². The molecule has 0 aromatic heterocycles. The van der Waals surface area contributed by atoms with Crippen LogP contribution in [0.15, 0.2) is 45.3 Å². The van der Waals surface area contributed by atoms with E-state index in [2.05, 4.69) is 44.1 Å². The molecule has 0 radical (unpaired) electrons. The van der Waals surface area contributed by atoms with Crippen LogP contribution in [-0.4, -0.2) is 6.54 Å². The topological polar surface area (TPSA) is 12.0 Å². The predicted octanol–water partition coefficient (Wildman–Crippen LogP) is 6.09. The first-order valence-electron chi connectivity index (χ1n) is 6.66. The van der Waals surface area contributed by atoms with Gasteiger partial charge in [0.2, 0.25) is 0 Å². The number of hydrogen-bond acceptors (Lipinski definition) is 1. The summed E-state index contributed by atoms with van der Waals surface area (Å²) in [7, 11) is 0. The maximum atomic E-state index is 14.4. The zero-order valence-corrected chi connectivity index (χ0v) is 15.4. The summed E-state index contributed by atoms with van der Waals surface area (Å²) in [6.07, 6.45) is 0.970. The summed E-state index contributed by atoms with van der Waals surface area (Å²) in [6.45, 7) is 2.88. The molecule has 0 saturated carbocycles. The standard InChI is InChI=1S/C16H15Br2ClFN/c1-2-8-21-16(11-7-6-10(19)9-14(11)18)12-4-3-5-13(17)15(12)20/h3-7,9,16,21H,2,8H2,1H3. The highest BCUT2D eigenvalue weighted by molar-refractivity contribution is 9.10. The van der Waals surface area contributed by atoms with Crippen molar-refractivity contribution in [1.29, 1.82) is 0 Å². The van der Waals surface area contributed by atoms with E-state index in [9.17, 15) is 4.39 Å². The second kappa shape index (κ2) is 7.73. The smallest absolute Gasteiger partial charge is 0.142 e. The number of halogens is 4. The van der Waals surface area contributed by atoms with E-state index in [-0.39, 0.29) is 11.9 Å². The summed E-state index contributed by atoms with van der Waals surface area (Å²) < 4.78 is 15.8. The Morgan fingerprint density at radius 3 is 2.57 bits per heavy atom. The molecule has 0 fully saturated rings. The normalized spacial score (nSPS) is 12.4. The highest BCUT2D eigenvalue weighted by Crippen LogP contribution is 2.33. The van der Waals surface area contributed by atoms with Crippen molar-refractivity contribution in [2.75, 3.05) is 6.54 Å². The fourth-order valence-corrected chi connectivity index (χ4v) is 3.45. The molecule has 5 heteroatoms. The Morgan fingerprint density at radius 1 is 1.14 bits per heavy atom. The summed E-state index contributed by atoms with van der Waals surface area (Å²) in [4.78, 5) is 0. The van der Waals surface area contributed by atoms with E-state index in [0.29, 0.717) is 15.1 Å². The molecule has 1 unspecified atom stereocenters. The van der Waals surface area contributed by atoms with Gasteiger partial charge in [-0.25, -0.2) is 4.39 Å². The van der Waals surface area contributed by atoms with Gasteiger partial charge < -0.3 is 5.32 Å². The van der Waals surface area contributed by atoms with Gasteiger partial charge in [0.15, 0.2) is 0 Å². The average Bonchev–Trinajstić information content (AvgIpc) is 2.45. The average molecular weight is 436 g/mol. The molecule has 1 nitrogen and oxygen atoms in total. The van der Waals surface area contributed by atoms with Crippen LogP contribution in [0.25, 0.3) is 0 Å². The number of nitrogens with one attached hydrogen (secondary N) is 1. The van der Waals surface area contributed by atoms with Crippen molar-refractivity contribution in [3.05, 3.63) is 67.3 Å². The van der Waals surface area contributed by atoms with Crippen LogP contribution in [0.2, 0.25) is 5.02 Å². The molecule has 0 bridgehead atoms. The Morgan fingerprint density at radius 2 is 1.90 bits per heavy atom. The SMILES string of the molecule is CCCNC(c1ccc(Cl)cc1Br)c1cccc(Br)c1F. The highest BCUT2D eigenvalue weighted by Gasteiger charge is 2.20. The van der Waals surface area contributed by atoms with E-state index in [1.165, 1.54) is 0 Å². The molecule has 1 N–H and O–H groups in total. The lowest BCUT2D eigenvalue weighted by atomic mass is 9.98. The Bertz CT molecular complexity index is 634. The van der Waals surface area contributed by atoms with E-state index >= 15 is 0 Å². The molecule has 0 aliphatic heterocycles. The maximum Gasteiger partial charge on any atom is 0.142 e. The minimum Gasteiger partial charge on any atom is -0.306 e. The van der Waals surface area contributed by atoms with Crippen molar-refractivity contribution in [3.8, 4) is 0 Å². The molecular weight excluding hydrogens is 420 g/mol. The van der Waals surface area contributed by atoms with E-state index in [0.717, 1.165) is 23.0 Å². The fraction of sp³-hybridized carbons (Fsp3) is 0.250. The van der Waals surface area contributed by atoms with Gasteiger partial charge in [0.25, 0.3) is 0 Å². The Labute approximate surface area is 146 Å². The molecule has 0 saturated heterocycles. The van der Waals surface area contributed by atoms with Crippen LogP contribution in [0.5, 0.6) is 0 Å². The van der Waals surface area contributed by atoms with E-state index in [4.69, 9.17) is 11.6 Å². The van der Waals surface area contributed by atoms with E-state index in [1.54, 1.807) is 12.1 Å². The minimum atomic E-state index is -0.243. The third-order valence-corrected chi connectivity index (χ3v) is 4.70. The van der Waals surface area contributed by atoms with Gasteiger partial charge in [0, 0.05) is 15.1 Å². The summed E-state index contributed by atoms with van der Waals surface area (Å²) in [5.74, 6) is -0.243. The van der Waals surface area contributed by atoms with Crippen LogP contribution < -0.4 is 5.32 Å². The lowest BCUT2D eigenvalue weighted by Gasteiger charge is -2.22. The molecule has 0 aliphatic rings. The maximum absolute atomic E-state index is 14.4. The van der Waals surface area contributed by atoms with Crippen LogP contribution in [0.4, 0.5) is 4.39 Å². The second-order valence-electron chi connectivity index (χ2n) is 4.70. The first-order chi connectivity index (χ1) is 10.0. The van der Waals surface area contributed by atoms with Gasteiger partial charge in [-0.15, -0.1) is 0 Å². The second-order valence-corrected chi connectivity index (χ2v) is 6.84. The molecule has 21 heavy (non-hydrogen) atoms. The van der Waals surface area contributed by atoms with Crippen molar-refractivity contribution in [1.82, 2.24) is 5.32 Å². The van der Waals surface area contributed by atoms with Crippen molar-refractivity contribution < 1.29 is 4.39 Å². The van der Waals surface area contributed by atoms with Crippen molar-refractivity contribution in [2.45, 2.75) is 19.4 Å².